The highest BCUT2D eigenvalue weighted by atomic mass is 16.6. The maximum atomic E-state index is 11.4. The summed E-state index contributed by atoms with van der Waals surface area (Å²) in [4.78, 5) is 13.3. The summed E-state index contributed by atoms with van der Waals surface area (Å²) in [7, 11) is 0. The van der Waals surface area contributed by atoms with E-state index in [0.29, 0.717) is 23.3 Å². The summed E-state index contributed by atoms with van der Waals surface area (Å²) in [6, 6.07) is 0. The molecule has 20 heavy (non-hydrogen) atoms. The molecule has 0 aromatic carbocycles. The van der Waals surface area contributed by atoms with Gasteiger partial charge in [-0.15, -0.1) is 0 Å². The molecule has 0 radical (unpaired) electrons. The van der Waals surface area contributed by atoms with E-state index in [1.807, 2.05) is 4.68 Å². The Balaban J connectivity index is 1.96. The van der Waals surface area contributed by atoms with Crippen molar-refractivity contribution < 1.29 is 4.92 Å². The van der Waals surface area contributed by atoms with Crippen LogP contribution in [0, 0.1) is 28.9 Å². The standard InChI is InChI=1S/C13H21N5O2/c1-3-4-17-13(12(18(19)20)9(2)15-17)16-7-10-5-14-6-11(10)8-16/h10-11,14H,3-8H2,1-2H3. The van der Waals surface area contributed by atoms with E-state index in [-0.39, 0.29) is 10.6 Å². The second kappa shape index (κ2) is 5.05. The Labute approximate surface area is 118 Å². The van der Waals surface area contributed by atoms with Crippen molar-refractivity contribution in [3.63, 3.8) is 0 Å². The van der Waals surface area contributed by atoms with Crippen molar-refractivity contribution in [2.45, 2.75) is 26.8 Å². The number of nitrogens with zero attached hydrogens (tertiary/aromatic N) is 4. The molecule has 7 nitrogen and oxygen atoms in total. The van der Waals surface area contributed by atoms with E-state index in [0.717, 1.165) is 39.1 Å². The SMILES string of the molecule is CCCn1nc(C)c([N+](=O)[O-])c1N1CC2CNCC2C1. The van der Waals surface area contributed by atoms with Crippen LogP contribution < -0.4 is 10.2 Å². The van der Waals surface area contributed by atoms with Crippen molar-refractivity contribution in [3.05, 3.63) is 15.8 Å². The number of anilines is 1. The molecule has 2 atom stereocenters. The quantitative estimate of drug-likeness (QED) is 0.661. The highest BCUT2D eigenvalue weighted by molar-refractivity contribution is 5.62. The Hall–Kier alpha value is -1.63. The van der Waals surface area contributed by atoms with E-state index < -0.39 is 0 Å². The molecule has 3 heterocycles. The first-order chi connectivity index (χ1) is 9.61. The van der Waals surface area contributed by atoms with Crippen molar-refractivity contribution in [2.75, 3.05) is 31.1 Å². The lowest BCUT2D eigenvalue weighted by molar-refractivity contribution is -0.384. The molecule has 2 unspecified atom stereocenters. The smallest absolute Gasteiger partial charge is 0.333 e. The molecular weight excluding hydrogens is 258 g/mol. The molecule has 2 fully saturated rings. The molecule has 0 spiro atoms. The maximum Gasteiger partial charge on any atom is 0.333 e. The van der Waals surface area contributed by atoms with Crippen LogP contribution >= 0.6 is 0 Å². The highest BCUT2D eigenvalue weighted by Gasteiger charge is 2.40. The summed E-state index contributed by atoms with van der Waals surface area (Å²) in [6.07, 6.45) is 0.924. The van der Waals surface area contributed by atoms with E-state index in [1.54, 1.807) is 6.92 Å². The van der Waals surface area contributed by atoms with Crippen LogP contribution in [0.15, 0.2) is 0 Å². The third kappa shape index (κ3) is 2.06. The topological polar surface area (TPSA) is 76.2 Å². The van der Waals surface area contributed by atoms with E-state index >= 15 is 0 Å². The second-order valence-corrected chi connectivity index (χ2v) is 5.82. The van der Waals surface area contributed by atoms with Gasteiger partial charge in [-0.1, -0.05) is 6.92 Å². The number of nitro groups is 1. The normalized spacial score (nSPS) is 25.2. The number of aromatic nitrogens is 2. The summed E-state index contributed by atoms with van der Waals surface area (Å²) in [5, 5.41) is 19.2. The van der Waals surface area contributed by atoms with Gasteiger partial charge in [0, 0.05) is 32.7 Å². The Morgan fingerprint density at radius 1 is 1.40 bits per heavy atom. The Morgan fingerprint density at radius 3 is 2.60 bits per heavy atom. The van der Waals surface area contributed by atoms with E-state index in [2.05, 4.69) is 22.2 Å². The van der Waals surface area contributed by atoms with Gasteiger partial charge < -0.3 is 10.2 Å². The van der Waals surface area contributed by atoms with Crippen molar-refractivity contribution in [2.24, 2.45) is 11.8 Å². The van der Waals surface area contributed by atoms with Gasteiger partial charge in [0.15, 0.2) is 0 Å². The molecule has 1 N–H and O–H groups in total. The molecule has 2 aliphatic heterocycles. The van der Waals surface area contributed by atoms with Gasteiger partial charge in [-0.05, 0) is 25.2 Å². The van der Waals surface area contributed by atoms with Gasteiger partial charge in [0.2, 0.25) is 5.82 Å². The zero-order valence-corrected chi connectivity index (χ0v) is 12.0. The number of rotatable bonds is 4. The zero-order chi connectivity index (χ0) is 14.3. The molecule has 7 heteroatoms. The first-order valence-corrected chi connectivity index (χ1v) is 7.29. The summed E-state index contributed by atoms with van der Waals surface area (Å²) in [6.45, 7) is 8.36. The predicted molar refractivity (Wildman–Crippen MR) is 76.0 cm³/mol. The molecule has 1 aromatic rings. The molecule has 2 aliphatic rings. The lowest BCUT2D eigenvalue weighted by atomic mass is 10.0. The van der Waals surface area contributed by atoms with Crippen molar-refractivity contribution >= 4 is 11.5 Å². The van der Waals surface area contributed by atoms with Crippen LogP contribution in [-0.2, 0) is 6.54 Å². The van der Waals surface area contributed by atoms with E-state index in [9.17, 15) is 10.1 Å². The molecular formula is C13H21N5O2. The summed E-state index contributed by atoms with van der Waals surface area (Å²) < 4.78 is 1.82. The number of hydrogen-bond donors (Lipinski definition) is 1. The fourth-order valence-electron chi connectivity index (χ4n) is 3.48. The minimum absolute atomic E-state index is 0.186. The van der Waals surface area contributed by atoms with E-state index in [4.69, 9.17) is 0 Å². The van der Waals surface area contributed by atoms with Gasteiger partial charge >= 0.3 is 5.69 Å². The lowest BCUT2D eigenvalue weighted by Gasteiger charge is -2.19. The second-order valence-electron chi connectivity index (χ2n) is 5.82. The number of aryl methyl sites for hydroxylation is 2. The van der Waals surface area contributed by atoms with E-state index in [1.165, 1.54) is 0 Å². The third-order valence-electron chi connectivity index (χ3n) is 4.38. The Kier molecular flexibility index (Phi) is 3.37. The van der Waals surface area contributed by atoms with Crippen molar-refractivity contribution in [3.8, 4) is 0 Å². The van der Waals surface area contributed by atoms with Crippen LogP contribution in [0.5, 0.6) is 0 Å². The van der Waals surface area contributed by atoms with Gasteiger partial charge in [-0.25, -0.2) is 4.68 Å². The van der Waals surface area contributed by atoms with Gasteiger partial charge in [0.25, 0.3) is 0 Å². The summed E-state index contributed by atoms with van der Waals surface area (Å²) in [5.74, 6) is 1.93. The highest BCUT2D eigenvalue weighted by Crippen LogP contribution is 2.37. The number of nitrogens with one attached hydrogen (secondary N) is 1. The van der Waals surface area contributed by atoms with Gasteiger partial charge in [0.1, 0.15) is 5.69 Å². The van der Waals surface area contributed by atoms with Crippen LogP contribution in [0.1, 0.15) is 19.0 Å². The first kappa shape index (κ1) is 13.4. The van der Waals surface area contributed by atoms with Crippen LogP contribution in [0.25, 0.3) is 0 Å². The van der Waals surface area contributed by atoms with Gasteiger partial charge in [-0.2, -0.15) is 5.10 Å². The monoisotopic (exact) mass is 279 g/mol. The van der Waals surface area contributed by atoms with Gasteiger partial charge in [-0.3, -0.25) is 10.1 Å². The fraction of sp³-hybridized carbons (Fsp3) is 0.769. The van der Waals surface area contributed by atoms with Crippen LogP contribution in [0.4, 0.5) is 11.5 Å². The molecule has 3 rings (SSSR count). The minimum atomic E-state index is -0.282. The molecule has 0 aliphatic carbocycles. The summed E-state index contributed by atoms with van der Waals surface area (Å²) >= 11 is 0. The molecule has 0 saturated carbocycles. The molecule has 0 bridgehead atoms. The van der Waals surface area contributed by atoms with Crippen molar-refractivity contribution in [1.29, 1.82) is 0 Å². The van der Waals surface area contributed by atoms with Gasteiger partial charge in [0.05, 0.1) is 4.92 Å². The van der Waals surface area contributed by atoms with Crippen LogP contribution in [0.3, 0.4) is 0 Å². The van der Waals surface area contributed by atoms with Crippen LogP contribution in [-0.4, -0.2) is 40.9 Å². The number of hydrogen-bond acceptors (Lipinski definition) is 5. The maximum absolute atomic E-state index is 11.4. The Morgan fingerprint density at radius 2 is 2.05 bits per heavy atom. The molecule has 2 saturated heterocycles. The summed E-state index contributed by atoms with van der Waals surface area (Å²) in [5.41, 5.74) is 0.708. The fourth-order valence-corrected chi connectivity index (χ4v) is 3.48. The van der Waals surface area contributed by atoms with Crippen molar-refractivity contribution in [1.82, 2.24) is 15.1 Å². The average molecular weight is 279 g/mol. The number of fused-ring (bicyclic) bond motifs is 1. The minimum Gasteiger partial charge on any atom is -0.350 e. The molecule has 1 aromatic heterocycles. The predicted octanol–water partition coefficient (Wildman–Crippen LogP) is 1.17. The molecule has 110 valence electrons. The lowest BCUT2D eigenvalue weighted by Crippen LogP contribution is -2.28. The molecule has 0 amide bonds. The average Bonchev–Trinajstić information content (AvgIpc) is 3.01. The largest absolute Gasteiger partial charge is 0.350 e. The third-order valence-corrected chi connectivity index (χ3v) is 4.38. The Bertz CT molecular complexity index is 515. The first-order valence-electron chi connectivity index (χ1n) is 7.29. The zero-order valence-electron chi connectivity index (χ0n) is 12.0. The van der Waals surface area contributed by atoms with Crippen LogP contribution in [0.2, 0.25) is 0 Å².